The second-order valence-corrected chi connectivity index (χ2v) is 4.67. The van der Waals surface area contributed by atoms with Gasteiger partial charge in [0.1, 0.15) is 11.3 Å². The molecular formula is C10H11F3N2O. The monoisotopic (exact) mass is 232 g/mol. The fourth-order valence-corrected chi connectivity index (χ4v) is 1.85. The standard InChI is InChI=1S/C10H11F3N2O/c1-8(2)5-9(8,16)6-7(10(11,12)13)15-4-3-14-6/h3-4,16H,5H2,1-2H3. The van der Waals surface area contributed by atoms with Crippen molar-refractivity contribution in [1.82, 2.24) is 9.97 Å². The number of halogens is 3. The zero-order chi connectivity index (χ0) is 12.2. The molecule has 88 valence electrons. The molecule has 0 aliphatic heterocycles. The fraction of sp³-hybridized carbons (Fsp3) is 0.600. The average molecular weight is 232 g/mol. The van der Waals surface area contributed by atoms with E-state index in [4.69, 9.17) is 0 Å². The average Bonchev–Trinajstić information content (AvgIpc) is 2.66. The lowest BCUT2D eigenvalue weighted by Crippen LogP contribution is -2.23. The van der Waals surface area contributed by atoms with Crippen LogP contribution in [0.2, 0.25) is 0 Å². The molecule has 1 aliphatic rings. The molecule has 0 aromatic carbocycles. The zero-order valence-electron chi connectivity index (χ0n) is 8.84. The molecule has 6 heteroatoms. The summed E-state index contributed by atoms with van der Waals surface area (Å²) >= 11 is 0. The molecule has 1 aliphatic carbocycles. The third-order valence-corrected chi connectivity index (χ3v) is 3.05. The number of hydrogen-bond donors (Lipinski definition) is 1. The molecule has 1 heterocycles. The smallest absolute Gasteiger partial charge is 0.383 e. The summed E-state index contributed by atoms with van der Waals surface area (Å²) in [6.07, 6.45) is -2.18. The van der Waals surface area contributed by atoms with E-state index in [2.05, 4.69) is 9.97 Å². The molecular weight excluding hydrogens is 221 g/mol. The minimum Gasteiger partial charge on any atom is -0.383 e. The zero-order valence-corrected chi connectivity index (χ0v) is 8.84. The van der Waals surface area contributed by atoms with Crippen molar-refractivity contribution in [2.24, 2.45) is 5.41 Å². The quantitative estimate of drug-likeness (QED) is 0.806. The summed E-state index contributed by atoms with van der Waals surface area (Å²) in [5.41, 5.74) is -3.55. The van der Waals surface area contributed by atoms with Gasteiger partial charge in [-0.1, -0.05) is 13.8 Å². The number of aliphatic hydroxyl groups is 1. The van der Waals surface area contributed by atoms with Crippen molar-refractivity contribution in [3.05, 3.63) is 23.8 Å². The van der Waals surface area contributed by atoms with Crippen LogP contribution >= 0.6 is 0 Å². The van der Waals surface area contributed by atoms with Gasteiger partial charge in [0.25, 0.3) is 0 Å². The van der Waals surface area contributed by atoms with Gasteiger partial charge in [-0.25, -0.2) is 4.98 Å². The number of hydrogen-bond acceptors (Lipinski definition) is 3. The van der Waals surface area contributed by atoms with Crippen LogP contribution < -0.4 is 0 Å². The Bertz CT molecular complexity index is 430. The van der Waals surface area contributed by atoms with Gasteiger partial charge in [0, 0.05) is 17.8 Å². The topological polar surface area (TPSA) is 46.0 Å². The van der Waals surface area contributed by atoms with E-state index in [1.807, 2.05) is 0 Å². The maximum atomic E-state index is 12.6. The normalized spacial score (nSPS) is 27.9. The first kappa shape index (κ1) is 11.3. The second-order valence-electron chi connectivity index (χ2n) is 4.67. The third kappa shape index (κ3) is 1.48. The van der Waals surface area contributed by atoms with E-state index < -0.39 is 22.9 Å². The van der Waals surface area contributed by atoms with Gasteiger partial charge in [-0.05, 0) is 6.42 Å². The minimum absolute atomic E-state index is 0.266. The lowest BCUT2D eigenvalue weighted by molar-refractivity contribution is -0.143. The van der Waals surface area contributed by atoms with E-state index in [0.29, 0.717) is 0 Å². The molecule has 1 N–H and O–H groups in total. The van der Waals surface area contributed by atoms with Crippen molar-refractivity contribution in [2.75, 3.05) is 0 Å². The van der Waals surface area contributed by atoms with E-state index in [-0.39, 0.29) is 12.1 Å². The van der Waals surface area contributed by atoms with Gasteiger partial charge in [-0.3, -0.25) is 4.98 Å². The number of nitrogens with zero attached hydrogens (tertiary/aromatic N) is 2. The lowest BCUT2D eigenvalue weighted by Gasteiger charge is -2.17. The van der Waals surface area contributed by atoms with Gasteiger partial charge >= 0.3 is 6.18 Å². The van der Waals surface area contributed by atoms with Crippen molar-refractivity contribution in [3.63, 3.8) is 0 Å². The van der Waals surface area contributed by atoms with E-state index in [9.17, 15) is 18.3 Å². The van der Waals surface area contributed by atoms with E-state index >= 15 is 0 Å². The van der Waals surface area contributed by atoms with Crippen molar-refractivity contribution >= 4 is 0 Å². The Hall–Kier alpha value is -1.17. The molecule has 0 amide bonds. The van der Waals surface area contributed by atoms with Crippen LogP contribution in [-0.4, -0.2) is 15.1 Å². The van der Waals surface area contributed by atoms with Crippen LogP contribution in [-0.2, 0) is 11.8 Å². The fourth-order valence-electron chi connectivity index (χ4n) is 1.85. The van der Waals surface area contributed by atoms with Crippen molar-refractivity contribution in [2.45, 2.75) is 32.0 Å². The van der Waals surface area contributed by atoms with Crippen LogP contribution in [0.5, 0.6) is 0 Å². The molecule has 0 bridgehead atoms. The summed E-state index contributed by atoms with van der Waals surface area (Å²) in [5, 5.41) is 10.1. The number of aromatic nitrogens is 2. The van der Waals surface area contributed by atoms with E-state index in [1.54, 1.807) is 13.8 Å². The Balaban J connectivity index is 2.52. The van der Waals surface area contributed by atoms with Crippen LogP contribution in [0.1, 0.15) is 31.7 Å². The summed E-state index contributed by atoms with van der Waals surface area (Å²) < 4.78 is 37.9. The van der Waals surface area contributed by atoms with Crippen molar-refractivity contribution in [1.29, 1.82) is 0 Å². The van der Waals surface area contributed by atoms with E-state index in [0.717, 1.165) is 12.4 Å². The molecule has 0 radical (unpaired) electrons. The molecule has 1 aromatic rings. The lowest BCUT2D eigenvalue weighted by atomic mass is 10.0. The largest absolute Gasteiger partial charge is 0.435 e. The summed E-state index contributed by atoms with van der Waals surface area (Å²) in [6.45, 7) is 3.39. The first-order chi connectivity index (χ1) is 7.18. The molecule has 2 rings (SSSR count). The minimum atomic E-state index is -4.59. The van der Waals surface area contributed by atoms with Crippen molar-refractivity contribution < 1.29 is 18.3 Å². The Morgan fingerprint density at radius 1 is 1.25 bits per heavy atom. The van der Waals surface area contributed by atoms with Gasteiger partial charge in [-0.15, -0.1) is 0 Å². The molecule has 0 saturated heterocycles. The summed E-state index contributed by atoms with van der Waals surface area (Å²) in [6, 6.07) is 0. The van der Waals surface area contributed by atoms with Crippen LogP contribution in [0.15, 0.2) is 12.4 Å². The first-order valence-corrected chi connectivity index (χ1v) is 4.79. The Morgan fingerprint density at radius 2 is 1.75 bits per heavy atom. The summed E-state index contributed by atoms with van der Waals surface area (Å²) in [5.74, 6) is 0. The van der Waals surface area contributed by atoms with Gasteiger partial charge < -0.3 is 5.11 Å². The highest BCUT2D eigenvalue weighted by molar-refractivity contribution is 5.31. The number of alkyl halides is 3. The third-order valence-electron chi connectivity index (χ3n) is 3.05. The van der Waals surface area contributed by atoms with Crippen LogP contribution in [0.25, 0.3) is 0 Å². The van der Waals surface area contributed by atoms with Crippen molar-refractivity contribution in [3.8, 4) is 0 Å². The highest BCUT2D eigenvalue weighted by Crippen LogP contribution is 2.62. The van der Waals surface area contributed by atoms with E-state index in [1.165, 1.54) is 0 Å². The Labute approximate surface area is 90.3 Å². The molecule has 1 fully saturated rings. The highest BCUT2D eigenvalue weighted by atomic mass is 19.4. The first-order valence-electron chi connectivity index (χ1n) is 4.79. The van der Waals surface area contributed by atoms with Crippen LogP contribution in [0.4, 0.5) is 13.2 Å². The molecule has 1 aromatic heterocycles. The SMILES string of the molecule is CC1(C)CC1(O)c1nccnc1C(F)(F)F. The molecule has 1 atom stereocenters. The number of rotatable bonds is 1. The molecule has 16 heavy (non-hydrogen) atoms. The maximum absolute atomic E-state index is 12.6. The van der Waals surface area contributed by atoms with Gasteiger partial charge in [0.15, 0.2) is 5.69 Å². The summed E-state index contributed by atoms with van der Waals surface area (Å²) in [4.78, 5) is 6.92. The summed E-state index contributed by atoms with van der Waals surface area (Å²) in [7, 11) is 0. The Kier molecular flexibility index (Phi) is 2.08. The molecule has 1 saturated carbocycles. The van der Waals surface area contributed by atoms with Gasteiger partial charge in [0.2, 0.25) is 0 Å². The maximum Gasteiger partial charge on any atom is 0.435 e. The molecule has 1 unspecified atom stereocenters. The van der Waals surface area contributed by atoms with Crippen LogP contribution in [0.3, 0.4) is 0 Å². The van der Waals surface area contributed by atoms with Crippen LogP contribution in [0, 0.1) is 5.41 Å². The van der Waals surface area contributed by atoms with Gasteiger partial charge in [-0.2, -0.15) is 13.2 Å². The Morgan fingerprint density at radius 3 is 2.19 bits per heavy atom. The molecule has 3 nitrogen and oxygen atoms in total. The highest BCUT2D eigenvalue weighted by Gasteiger charge is 2.65. The predicted molar refractivity (Wildman–Crippen MR) is 49.3 cm³/mol. The molecule has 0 spiro atoms. The second kappa shape index (κ2) is 2.94. The van der Waals surface area contributed by atoms with Gasteiger partial charge in [0.05, 0.1) is 0 Å². The predicted octanol–water partition coefficient (Wildman–Crippen LogP) is 2.11.